The first-order chi connectivity index (χ1) is 7.77. The van der Waals surface area contributed by atoms with E-state index >= 15 is 0 Å². The topological polar surface area (TPSA) is 3.24 Å². The minimum atomic E-state index is 0.857. The molecule has 4 heteroatoms. The highest BCUT2D eigenvalue weighted by Gasteiger charge is 2.09. The Kier molecular flexibility index (Phi) is 6.92. The Bertz CT molecular complexity index is 307. The van der Waals surface area contributed by atoms with Crippen LogP contribution in [0, 0.1) is 0 Å². The van der Waals surface area contributed by atoms with Crippen molar-refractivity contribution in [2.24, 2.45) is 0 Å². The quantitative estimate of drug-likeness (QED) is 0.563. The lowest BCUT2D eigenvalue weighted by Crippen LogP contribution is -2.18. The molecule has 0 spiro atoms. The van der Waals surface area contributed by atoms with Crippen LogP contribution in [0.15, 0.2) is 30.3 Å². The van der Waals surface area contributed by atoms with E-state index in [0.717, 1.165) is 22.9 Å². The summed E-state index contributed by atoms with van der Waals surface area (Å²) in [4.78, 5) is 1.00. The van der Waals surface area contributed by atoms with E-state index in [4.69, 9.17) is 12.2 Å². The third-order valence-corrected chi connectivity index (χ3v) is 4.51. The van der Waals surface area contributed by atoms with Gasteiger partial charge >= 0.3 is 0 Å². The lowest BCUT2D eigenvalue weighted by Gasteiger charge is -2.21. The Morgan fingerprint density at radius 2 is 1.69 bits per heavy atom. The molecule has 0 N–H and O–H groups in total. The third-order valence-electron chi connectivity index (χ3n) is 1.89. The summed E-state index contributed by atoms with van der Waals surface area (Å²) in [5.74, 6) is 2.11. The van der Waals surface area contributed by atoms with Crippen LogP contribution in [0.4, 0.5) is 0 Å². The second-order valence-corrected chi connectivity index (χ2v) is 6.25. The van der Waals surface area contributed by atoms with Crippen molar-refractivity contribution in [2.75, 3.05) is 11.5 Å². The summed E-state index contributed by atoms with van der Waals surface area (Å²) < 4.78 is 2.17. The highest BCUT2D eigenvalue weighted by Crippen LogP contribution is 2.23. The molecule has 0 heterocycles. The molecule has 0 aliphatic carbocycles. The zero-order valence-corrected chi connectivity index (χ0v) is 12.1. The normalized spacial score (nSPS) is 10.1. The lowest BCUT2D eigenvalue weighted by atomic mass is 10.2. The number of hydrogen-bond donors (Lipinski definition) is 0. The van der Waals surface area contributed by atoms with Crippen LogP contribution < -0.4 is 0 Å². The average molecular weight is 271 g/mol. The molecule has 0 unspecified atom stereocenters. The summed E-state index contributed by atoms with van der Waals surface area (Å²) >= 11 is 9.04. The molecule has 0 aromatic heterocycles. The van der Waals surface area contributed by atoms with E-state index in [0.29, 0.717) is 0 Å². The predicted molar refractivity (Wildman–Crippen MR) is 80.8 cm³/mol. The van der Waals surface area contributed by atoms with Crippen LogP contribution in [0.25, 0.3) is 0 Å². The SMILES string of the molecule is CCSN(SCC)C(=S)Cc1ccccc1. The van der Waals surface area contributed by atoms with Crippen molar-refractivity contribution in [3.8, 4) is 0 Å². The van der Waals surface area contributed by atoms with Gasteiger partial charge in [-0.3, -0.25) is 3.71 Å². The van der Waals surface area contributed by atoms with Crippen molar-refractivity contribution < 1.29 is 0 Å². The Hall–Kier alpha value is -0.190. The highest BCUT2D eigenvalue weighted by molar-refractivity contribution is 8.13. The van der Waals surface area contributed by atoms with Crippen LogP contribution in [-0.4, -0.2) is 20.2 Å². The maximum absolute atomic E-state index is 5.47. The molecule has 0 fully saturated rings. The van der Waals surface area contributed by atoms with Crippen LogP contribution in [0.1, 0.15) is 19.4 Å². The Balaban J connectivity index is 2.55. The first-order valence-electron chi connectivity index (χ1n) is 5.40. The van der Waals surface area contributed by atoms with E-state index in [9.17, 15) is 0 Å². The van der Waals surface area contributed by atoms with Crippen molar-refractivity contribution >= 4 is 41.1 Å². The molecule has 0 saturated heterocycles. The van der Waals surface area contributed by atoms with E-state index in [1.807, 2.05) is 6.07 Å². The molecule has 88 valence electrons. The van der Waals surface area contributed by atoms with Crippen molar-refractivity contribution in [2.45, 2.75) is 20.3 Å². The van der Waals surface area contributed by atoms with Gasteiger partial charge in [0.15, 0.2) is 0 Å². The number of benzene rings is 1. The molecule has 16 heavy (non-hydrogen) atoms. The Labute approximate surface area is 112 Å². The molecule has 0 bridgehead atoms. The molecule has 1 nitrogen and oxygen atoms in total. The van der Waals surface area contributed by atoms with Crippen molar-refractivity contribution in [3.63, 3.8) is 0 Å². The monoisotopic (exact) mass is 271 g/mol. The van der Waals surface area contributed by atoms with Gasteiger partial charge in [-0.2, -0.15) is 0 Å². The predicted octanol–water partition coefficient (Wildman–Crippen LogP) is 4.19. The minimum absolute atomic E-state index is 0.857. The zero-order chi connectivity index (χ0) is 11.8. The van der Waals surface area contributed by atoms with Gasteiger partial charge in [-0.1, -0.05) is 56.4 Å². The van der Waals surface area contributed by atoms with Gasteiger partial charge in [0, 0.05) is 17.9 Å². The summed E-state index contributed by atoms with van der Waals surface area (Å²) in [6, 6.07) is 10.4. The summed E-state index contributed by atoms with van der Waals surface area (Å²) in [5, 5.41) is 0. The molecule has 1 aromatic rings. The third kappa shape index (κ3) is 4.76. The van der Waals surface area contributed by atoms with Crippen LogP contribution in [0.3, 0.4) is 0 Å². The molecular weight excluding hydrogens is 254 g/mol. The van der Waals surface area contributed by atoms with Gasteiger partial charge in [0.05, 0.1) is 0 Å². The Morgan fingerprint density at radius 3 is 2.19 bits per heavy atom. The molecule has 0 atom stereocenters. The molecule has 1 rings (SSSR count). The smallest absolute Gasteiger partial charge is 0.104 e. The summed E-state index contributed by atoms with van der Waals surface area (Å²) in [7, 11) is 0. The number of rotatable bonds is 6. The molecular formula is C12H17NS3. The lowest BCUT2D eigenvalue weighted by molar-refractivity contribution is 1.09. The second-order valence-electron chi connectivity index (χ2n) is 3.15. The van der Waals surface area contributed by atoms with E-state index in [1.54, 1.807) is 23.9 Å². The first kappa shape index (κ1) is 13.9. The minimum Gasteiger partial charge on any atom is -0.252 e. The standard InChI is InChI=1S/C12H17NS3/c1-3-15-13(16-4-2)12(14)10-11-8-6-5-7-9-11/h5-9H,3-4,10H2,1-2H3. The molecule has 0 radical (unpaired) electrons. The van der Waals surface area contributed by atoms with Gasteiger partial charge in [-0.15, -0.1) is 0 Å². The number of thiocarbonyl (C=S) groups is 1. The van der Waals surface area contributed by atoms with Crippen molar-refractivity contribution in [1.29, 1.82) is 0 Å². The van der Waals surface area contributed by atoms with E-state index in [2.05, 4.69) is 41.8 Å². The van der Waals surface area contributed by atoms with Crippen LogP contribution in [-0.2, 0) is 6.42 Å². The fraction of sp³-hybridized carbons (Fsp3) is 0.417. The molecule has 0 aliphatic heterocycles. The maximum Gasteiger partial charge on any atom is 0.104 e. The Morgan fingerprint density at radius 1 is 1.12 bits per heavy atom. The van der Waals surface area contributed by atoms with Gasteiger partial charge < -0.3 is 0 Å². The zero-order valence-electron chi connectivity index (χ0n) is 9.68. The van der Waals surface area contributed by atoms with Gasteiger partial charge in [0.25, 0.3) is 0 Å². The summed E-state index contributed by atoms with van der Waals surface area (Å²) in [5.41, 5.74) is 1.28. The summed E-state index contributed by atoms with van der Waals surface area (Å²) in [6.07, 6.45) is 0.857. The molecule has 0 saturated carbocycles. The van der Waals surface area contributed by atoms with Crippen molar-refractivity contribution in [1.82, 2.24) is 3.71 Å². The average Bonchev–Trinajstić information content (AvgIpc) is 2.30. The van der Waals surface area contributed by atoms with Crippen molar-refractivity contribution in [3.05, 3.63) is 35.9 Å². The largest absolute Gasteiger partial charge is 0.252 e. The van der Waals surface area contributed by atoms with Gasteiger partial charge in [0.1, 0.15) is 4.99 Å². The molecule has 1 aromatic carbocycles. The van der Waals surface area contributed by atoms with E-state index in [1.165, 1.54) is 5.56 Å². The van der Waals surface area contributed by atoms with Crippen LogP contribution >= 0.6 is 36.1 Å². The van der Waals surface area contributed by atoms with Crippen LogP contribution in [0.5, 0.6) is 0 Å². The second kappa shape index (κ2) is 7.98. The molecule has 0 amide bonds. The molecule has 0 aliphatic rings. The van der Waals surface area contributed by atoms with E-state index in [-0.39, 0.29) is 0 Å². The number of nitrogens with zero attached hydrogens (tertiary/aromatic N) is 1. The maximum atomic E-state index is 5.47. The van der Waals surface area contributed by atoms with Gasteiger partial charge in [-0.05, 0) is 29.5 Å². The highest BCUT2D eigenvalue weighted by atomic mass is 32.2. The first-order valence-corrected chi connectivity index (χ1v) is 7.70. The fourth-order valence-electron chi connectivity index (χ4n) is 1.25. The van der Waals surface area contributed by atoms with Crippen LogP contribution in [0.2, 0.25) is 0 Å². The van der Waals surface area contributed by atoms with E-state index < -0.39 is 0 Å². The van der Waals surface area contributed by atoms with Gasteiger partial charge in [0.2, 0.25) is 0 Å². The number of hydrogen-bond acceptors (Lipinski definition) is 3. The summed E-state index contributed by atoms with van der Waals surface area (Å²) in [6.45, 7) is 4.30. The van der Waals surface area contributed by atoms with Gasteiger partial charge in [-0.25, -0.2) is 0 Å². The fourth-order valence-corrected chi connectivity index (χ4v) is 3.55.